The number of piperidine rings is 1. The number of fused-ring (bicyclic) bond motifs is 1. The molecular weight excluding hydrogens is 595 g/mol. The third-order valence-corrected chi connectivity index (χ3v) is 8.98. The number of carbonyl (C=O) groups is 2. The van der Waals surface area contributed by atoms with Crippen molar-refractivity contribution in [2.75, 3.05) is 24.1 Å². The maximum Gasteiger partial charge on any atom is 0.261 e. The van der Waals surface area contributed by atoms with Gasteiger partial charge in [-0.15, -0.1) is 0 Å². The quantitative estimate of drug-likeness (QED) is 0.178. The van der Waals surface area contributed by atoms with Crippen LogP contribution in [0.4, 0.5) is 15.9 Å². The summed E-state index contributed by atoms with van der Waals surface area (Å²) in [6, 6.07) is 17.3. The van der Waals surface area contributed by atoms with Crippen LogP contribution in [0, 0.1) is 11.7 Å². The van der Waals surface area contributed by atoms with Crippen molar-refractivity contribution in [3.63, 3.8) is 0 Å². The zero-order valence-electron chi connectivity index (χ0n) is 27.0. The van der Waals surface area contributed by atoms with Crippen LogP contribution in [0.5, 0.6) is 0 Å². The number of pyridine rings is 1. The summed E-state index contributed by atoms with van der Waals surface area (Å²) < 4.78 is 15.4. The number of hydrogen-bond donors (Lipinski definition) is 3. The molecular formula is C37H39FN6O3. The Balaban J connectivity index is 1.27. The van der Waals surface area contributed by atoms with Gasteiger partial charge in [-0.2, -0.15) is 5.10 Å². The SMILES string of the molecule is CC(C)C(=O)N1CCC(c2cc(-c3ccc(NC(=O)c4cn(C(C)C)cc(-c5ccc(F)cc5)c4=O)cc3)c3c(N)n[nH]c3c2)CC1. The maximum atomic E-state index is 13.6. The van der Waals surface area contributed by atoms with Crippen molar-refractivity contribution >= 4 is 34.2 Å². The number of nitrogens with zero attached hydrogens (tertiary/aromatic N) is 3. The fourth-order valence-electron chi connectivity index (χ4n) is 6.29. The van der Waals surface area contributed by atoms with Crippen LogP contribution in [-0.2, 0) is 4.79 Å². The van der Waals surface area contributed by atoms with Crippen molar-refractivity contribution in [2.45, 2.75) is 52.5 Å². The molecule has 1 aliphatic rings. The summed E-state index contributed by atoms with van der Waals surface area (Å²) in [6.45, 7) is 9.23. The monoisotopic (exact) mass is 634 g/mol. The first kappa shape index (κ1) is 31.7. The Morgan fingerprint density at radius 3 is 2.21 bits per heavy atom. The normalized spacial score (nSPS) is 13.9. The Labute approximate surface area is 272 Å². The molecule has 9 nitrogen and oxygen atoms in total. The lowest BCUT2D eigenvalue weighted by atomic mass is 9.86. The molecule has 0 bridgehead atoms. The average Bonchev–Trinajstić information content (AvgIpc) is 3.45. The van der Waals surface area contributed by atoms with Crippen LogP contribution in [0.3, 0.4) is 0 Å². The molecule has 4 N–H and O–H groups in total. The minimum absolute atomic E-state index is 0.00803. The van der Waals surface area contributed by atoms with Crippen molar-refractivity contribution in [3.05, 3.63) is 100 Å². The van der Waals surface area contributed by atoms with Gasteiger partial charge in [0.25, 0.3) is 5.91 Å². The molecule has 2 aromatic heterocycles. The molecule has 10 heteroatoms. The molecule has 1 aliphatic heterocycles. The van der Waals surface area contributed by atoms with E-state index in [1.54, 1.807) is 29.1 Å². The van der Waals surface area contributed by atoms with Crippen LogP contribution < -0.4 is 16.5 Å². The molecule has 242 valence electrons. The number of aromatic amines is 1. The molecule has 0 atom stereocenters. The molecule has 0 saturated carbocycles. The highest BCUT2D eigenvalue weighted by atomic mass is 19.1. The fraction of sp³-hybridized carbons (Fsp3) is 0.297. The summed E-state index contributed by atoms with van der Waals surface area (Å²) in [7, 11) is 0. The molecule has 0 unspecified atom stereocenters. The van der Waals surface area contributed by atoms with Crippen molar-refractivity contribution in [2.24, 2.45) is 5.92 Å². The van der Waals surface area contributed by atoms with Crippen LogP contribution in [0.2, 0.25) is 0 Å². The van der Waals surface area contributed by atoms with E-state index in [9.17, 15) is 18.8 Å². The zero-order chi connectivity index (χ0) is 33.4. The first-order chi connectivity index (χ1) is 22.5. The predicted octanol–water partition coefficient (Wildman–Crippen LogP) is 6.98. The van der Waals surface area contributed by atoms with Crippen molar-refractivity contribution in [3.8, 4) is 22.3 Å². The number of nitrogens with one attached hydrogen (secondary N) is 2. The molecule has 0 spiro atoms. The Morgan fingerprint density at radius 2 is 1.57 bits per heavy atom. The van der Waals surface area contributed by atoms with Gasteiger partial charge in [0.1, 0.15) is 11.4 Å². The number of amides is 2. The molecule has 6 rings (SSSR count). The van der Waals surface area contributed by atoms with Gasteiger partial charge < -0.3 is 20.5 Å². The minimum atomic E-state index is -0.535. The number of rotatable bonds is 7. The number of aromatic nitrogens is 3. The predicted molar refractivity (Wildman–Crippen MR) is 184 cm³/mol. The second-order valence-corrected chi connectivity index (χ2v) is 12.8. The summed E-state index contributed by atoms with van der Waals surface area (Å²) >= 11 is 0. The van der Waals surface area contributed by atoms with Crippen molar-refractivity contribution in [1.29, 1.82) is 0 Å². The van der Waals surface area contributed by atoms with Crippen molar-refractivity contribution in [1.82, 2.24) is 19.7 Å². The van der Waals surface area contributed by atoms with Gasteiger partial charge in [-0.05, 0) is 91.3 Å². The highest BCUT2D eigenvalue weighted by Crippen LogP contribution is 2.38. The first-order valence-electron chi connectivity index (χ1n) is 16.0. The molecule has 0 radical (unpaired) electrons. The Morgan fingerprint density at radius 1 is 0.936 bits per heavy atom. The number of carbonyl (C=O) groups excluding carboxylic acids is 2. The molecule has 1 fully saturated rings. The van der Waals surface area contributed by atoms with Crippen LogP contribution >= 0.6 is 0 Å². The maximum absolute atomic E-state index is 13.6. The number of anilines is 2. The van der Waals surface area contributed by atoms with Gasteiger partial charge in [-0.3, -0.25) is 19.5 Å². The van der Waals surface area contributed by atoms with E-state index in [2.05, 4.69) is 27.6 Å². The van der Waals surface area contributed by atoms with Crippen molar-refractivity contribution < 1.29 is 14.0 Å². The topological polar surface area (TPSA) is 126 Å². The zero-order valence-corrected chi connectivity index (χ0v) is 27.0. The van der Waals surface area contributed by atoms with Gasteiger partial charge in [-0.25, -0.2) is 4.39 Å². The third-order valence-electron chi connectivity index (χ3n) is 8.98. The summed E-state index contributed by atoms with van der Waals surface area (Å²) in [5, 5.41) is 11.0. The van der Waals surface area contributed by atoms with E-state index >= 15 is 0 Å². The van der Waals surface area contributed by atoms with E-state index in [0.29, 0.717) is 22.6 Å². The van der Waals surface area contributed by atoms with Crippen LogP contribution in [-0.4, -0.2) is 44.6 Å². The first-order valence-corrected chi connectivity index (χ1v) is 16.0. The fourth-order valence-corrected chi connectivity index (χ4v) is 6.29. The lowest BCUT2D eigenvalue weighted by Gasteiger charge is -2.33. The van der Waals surface area contributed by atoms with Crippen LogP contribution in [0.1, 0.15) is 68.4 Å². The largest absolute Gasteiger partial charge is 0.382 e. The number of nitrogen functional groups attached to an aromatic ring is 1. The number of likely N-dealkylation sites (tertiary alicyclic amines) is 1. The Kier molecular flexibility index (Phi) is 8.68. The van der Waals surface area contributed by atoms with Gasteiger partial charge in [0.2, 0.25) is 11.3 Å². The molecule has 3 aromatic carbocycles. The molecule has 5 aromatic rings. The lowest BCUT2D eigenvalue weighted by molar-refractivity contribution is -0.135. The molecule has 0 aliphatic carbocycles. The van der Waals surface area contributed by atoms with Gasteiger partial charge in [-0.1, -0.05) is 38.1 Å². The molecule has 2 amide bonds. The van der Waals surface area contributed by atoms with E-state index < -0.39 is 17.2 Å². The Hall–Kier alpha value is -5.25. The molecule has 3 heterocycles. The van der Waals surface area contributed by atoms with Gasteiger partial charge in [0.15, 0.2) is 5.82 Å². The highest BCUT2D eigenvalue weighted by Gasteiger charge is 2.26. The number of nitrogens with two attached hydrogens (primary N) is 1. The number of hydrogen-bond acceptors (Lipinski definition) is 5. The summed E-state index contributed by atoms with van der Waals surface area (Å²) in [6.07, 6.45) is 4.99. The highest BCUT2D eigenvalue weighted by molar-refractivity contribution is 6.05. The van der Waals surface area contributed by atoms with E-state index in [4.69, 9.17) is 5.73 Å². The van der Waals surface area contributed by atoms with Crippen LogP contribution in [0.25, 0.3) is 33.2 Å². The lowest BCUT2D eigenvalue weighted by Crippen LogP contribution is -2.40. The minimum Gasteiger partial charge on any atom is -0.382 e. The van der Waals surface area contributed by atoms with E-state index in [0.717, 1.165) is 53.5 Å². The Bertz CT molecular complexity index is 2000. The van der Waals surface area contributed by atoms with Crippen LogP contribution in [0.15, 0.2) is 77.9 Å². The number of H-pyrrole nitrogens is 1. The van der Waals surface area contributed by atoms with Gasteiger partial charge >= 0.3 is 0 Å². The van der Waals surface area contributed by atoms with E-state index in [1.807, 2.05) is 44.7 Å². The van der Waals surface area contributed by atoms with E-state index in [1.165, 1.54) is 24.3 Å². The third kappa shape index (κ3) is 6.40. The average molecular weight is 635 g/mol. The summed E-state index contributed by atoms with van der Waals surface area (Å²) in [5.74, 6) is -0.0678. The smallest absolute Gasteiger partial charge is 0.261 e. The van der Waals surface area contributed by atoms with Gasteiger partial charge in [0, 0.05) is 48.7 Å². The number of halogens is 1. The number of benzene rings is 3. The molecule has 1 saturated heterocycles. The molecule has 47 heavy (non-hydrogen) atoms. The summed E-state index contributed by atoms with van der Waals surface area (Å²) in [4.78, 5) is 41.4. The van der Waals surface area contributed by atoms with E-state index in [-0.39, 0.29) is 29.3 Å². The second kappa shape index (κ2) is 12.9. The second-order valence-electron chi connectivity index (χ2n) is 12.8. The standard InChI is InChI=1S/C37H39FN6O3/c1-21(2)37(47)43-15-13-23(14-16-43)26-17-29(33-32(18-26)41-42-35(33)39)24-7-11-28(12-8-24)40-36(46)31-20-44(22(3)4)19-30(34(31)45)25-5-9-27(38)10-6-25/h5-12,17-23H,13-16H2,1-4H3,(H,40,46)(H3,39,41,42). The van der Waals surface area contributed by atoms with Gasteiger partial charge in [0.05, 0.1) is 10.9 Å². The summed E-state index contributed by atoms with van der Waals surface area (Å²) in [5.41, 5.74) is 11.1.